The van der Waals surface area contributed by atoms with Crippen molar-refractivity contribution in [1.82, 2.24) is 0 Å². The number of benzene rings is 2. The lowest BCUT2D eigenvalue weighted by atomic mass is 9.96. The molecule has 0 spiro atoms. The van der Waals surface area contributed by atoms with Crippen LogP contribution in [0.5, 0.6) is 5.75 Å². The van der Waals surface area contributed by atoms with Gasteiger partial charge in [-0.25, -0.2) is 0 Å². The Morgan fingerprint density at radius 3 is 2.48 bits per heavy atom. The maximum atomic E-state index is 12.2. The third-order valence-electron chi connectivity index (χ3n) is 3.24. The van der Waals surface area contributed by atoms with Crippen LogP contribution in [0.2, 0.25) is 5.02 Å². The van der Waals surface area contributed by atoms with Crippen LogP contribution in [0, 0.1) is 13.8 Å². The fourth-order valence-corrected chi connectivity index (χ4v) is 2.36. The van der Waals surface area contributed by atoms with Crippen molar-refractivity contribution >= 4 is 11.6 Å². The van der Waals surface area contributed by atoms with E-state index in [2.05, 4.69) is 4.74 Å². The van der Waals surface area contributed by atoms with E-state index in [9.17, 15) is 13.9 Å². The molecule has 5 heteroatoms. The van der Waals surface area contributed by atoms with E-state index < -0.39 is 12.7 Å². The number of aliphatic hydroxyl groups is 1. The Hall–Kier alpha value is -1.65. The SMILES string of the molecule is Cc1cc(C(O)c2cccc(OC(F)F)c2)c(C)cc1Cl. The Kier molecular flexibility index (Phi) is 4.80. The Balaban J connectivity index is 2.36. The van der Waals surface area contributed by atoms with E-state index in [4.69, 9.17) is 11.6 Å². The maximum absolute atomic E-state index is 12.2. The van der Waals surface area contributed by atoms with Gasteiger partial charge in [0.05, 0.1) is 0 Å². The summed E-state index contributed by atoms with van der Waals surface area (Å²) in [7, 11) is 0. The van der Waals surface area contributed by atoms with Gasteiger partial charge in [-0.3, -0.25) is 0 Å². The molecule has 2 aromatic rings. The Bertz CT molecular complexity index is 644. The molecule has 0 aliphatic carbocycles. The monoisotopic (exact) mass is 312 g/mol. The van der Waals surface area contributed by atoms with Gasteiger partial charge in [0, 0.05) is 5.02 Å². The second kappa shape index (κ2) is 6.41. The number of hydrogen-bond donors (Lipinski definition) is 1. The summed E-state index contributed by atoms with van der Waals surface area (Å²) in [5, 5.41) is 11.1. The fraction of sp³-hybridized carbons (Fsp3) is 0.250. The minimum atomic E-state index is -2.89. The minimum Gasteiger partial charge on any atom is -0.435 e. The standard InChI is InChI=1S/C16H15ClF2O2/c1-9-7-14(17)10(2)6-13(9)15(20)11-4-3-5-12(8-11)21-16(18)19/h3-8,15-16,20H,1-2H3. The highest BCUT2D eigenvalue weighted by molar-refractivity contribution is 6.31. The average Bonchev–Trinajstić information content (AvgIpc) is 2.41. The van der Waals surface area contributed by atoms with Gasteiger partial charge in [0.2, 0.25) is 0 Å². The van der Waals surface area contributed by atoms with E-state index in [-0.39, 0.29) is 5.75 Å². The van der Waals surface area contributed by atoms with Crippen LogP contribution in [0.3, 0.4) is 0 Å². The molecule has 0 saturated heterocycles. The smallest absolute Gasteiger partial charge is 0.387 e. The lowest BCUT2D eigenvalue weighted by Crippen LogP contribution is -2.05. The highest BCUT2D eigenvalue weighted by Crippen LogP contribution is 2.30. The van der Waals surface area contributed by atoms with Gasteiger partial charge < -0.3 is 9.84 Å². The van der Waals surface area contributed by atoms with Crippen molar-refractivity contribution in [2.45, 2.75) is 26.6 Å². The predicted molar refractivity (Wildman–Crippen MR) is 78.1 cm³/mol. The van der Waals surface area contributed by atoms with E-state index in [0.717, 1.165) is 11.1 Å². The number of hydrogen-bond acceptors (Lipinski definition) is 2. The fourth-order valence-electron chi connectivity index (χ4n) is 2.14. The topological polar surface area (TPSA) is 29.5 Å². The zero-order chi connectivity index (χ0) is 15.6. The van der Waals surface area contributed by atoms with E-state index in [0.29, 0.717) is 16.1 Å². The van der Waals surface area contributed by atoms with Gasteiger partial charge in [-0.1, -0.05) is 29.8 Å². The lowest BCUT2D eigenvalue weighted by Gasteiger charge is -2.16. The molecular formula is C16H15ClF2O2. The first kappa shape index (κ1) is 15.7. The summed E-state index contributed by atoms with van der Waals surface area (Å²) in [5.74, 6) is 0.0184. The zero-order valence-corrected chi connectivity index (χ0v) is 12.4. The molecule has 1 N–H and O–H groups in total. The zero-order valence-electron chi connectivity index (χ0n) is 11.6. The number of rotatable bonds is 4. The van der Waals surface area contributed by atoms with Crippen molar-refractivity contribution < 1.29 is 18.6 Å². The molecule has 0 saturated carbocycles. The van der Waals surface area contributed by atoms with Gasteiger partial charge in [0.25, 0.3) is 0 Å². The molecule has 2 rings (SSSR count). The highest BCUT2D eigenvalue weighted by Gasteiger charge is 2.16. The number of aliphatic hydroxyl groups excluding tert-OH is 1. The normalized spacial score (nSPS) is 12.5. The molecule has 1 unspecified atom stereocenters. The summed E-state index contributed by atoms with van der Waals surface area (Å²) >= 11 is 6.03. The van der Waals surface area contributed by atoms with Crippen LogP contribution in [0.15, 0.2) is 36.4 Å². The van der Waals surface area contributed by atoms with Gasteiger partial charge in [-0.15, -0.1) is 0 Å². The predicted octanol–water partition coefficient (Wildman–Crippen LogP) is 4.64. The molecule has 0 heterocycles. The summed E-state index contributed by atoms with van der Waals surface area (Å²) in [4.78, 5) is 0. The summed E-state index contributed by atoms with van der Waals surface area (Å²) in [6.45, 7) is 0.787. The molecule has 21 heavy (non-hydrogen) atoms. The van der Waals surface area contributed by atoms with Crippen molar-refractivity contribution in [2.75, 3.05) is 0 Å². The van der Waals surface area contributed by atoms with Crippen molar-refractivity contribution in [3.63, 3.8) is 0 Å². The van der Waals surface area contributed by atoms with Crippen molar-refractivity contribution in [1.29, 1.82) is 0 Å². The quantitative estimate of drug-likeness (QED) is 0.891. The molecule has 2 aromatic carbocycles. The van der Waals surface area contributed by atoms with Gasteiger partial charge in [-0.2, -0.15) is 8.78 Å². The maximum Gasteiger partial charge on any atom is 0.387 e. The third-order valence-corrected chi connectivity index (χ3v) is 3.65. The molecule has 0 aliphatic heterocycles. The summed E-state index contributed by atoms with van der Waals surface area (Å²) in [5.41, 5.74) is 2.85. The number of halogens is 3. The van der Waals surface area contributed by atoms with Crippen LogP contribution >= 0.6 is 11.6 Å². The molecular weight excluding hydrogens is 298 g/mol. The van der Waals surface area contributed by atoms with E-state index in [1.807, 2.05) is 13.8 Å². The Morgan fingerprint density at radius 1 is 1.10 bits per heavy atom. The summed E-state index contributed by atoms with van der Waals surface area (Å²) < 4.78 is 28.8. The van der Waals surface area contributed by atoms with Crippen LogP contribution < -0.4 is 4.74 Å². The van der Waals surface area contributed by atoms with Gasteiger partial charge in [0.15, 0.2) is 0 Å². The van der Waals surface area contributed by atoms with Crippen molar-refractivity contribution in [3.05, 3.63) is 63.7 Å². The second-order valence-corrected chi connectivity index (χ2v) is 5.22. The Morgan fingerprint density at radius 2 is 1.81 bits per heavy atom. The van der Waals surface area contributed by atoms with E-state index in [1.54, 1.807) is 24.3 Å². The first-order chi connectivity index (χ1) is 9.88. The molecule has 0 radical (unpaired) electrons. The number of alkyl halides is 2. The largest absolute Gasteiger partial charge is 0.435 e. The van der Waals surface area contributed by atoms with Crippen LogP contribution in [0.4, 0.5) is 8.78 Å². The summed E-state index contributed by atoms with van der Waals surface area (Å²) in [6, 6.07) is 9.61. The molecule has 0 aromatic heterocycles. The van der Waals surface area contributed by atoms with Crippen LogP contribution in [-0.2, 0) is 0 Å². The molecule has 0 bridgehead atoms. The van der Waals surface area contributed by atoms with Gasteiger partial charge in [-0.05, 0) is 54.3 Å². The molecule has 0 amide bonds. The molecule has 1 atom stereocenters. The molecule has 112 valence electrons. The first-order valence-electron chi connectivity index (χ1n) is 6.38. The van der Waals surface area contributed by atoms with E-state index >= 15 is 0 Å². The van der Waals surface area contributed by atoms with Crippen LogP contribution in [0.25, 0.3) is 0 Å². The Labute approximate surface area is 126 Å². The molecule has 2 nitrogen and oxygen atoms in total. The average molecular weight is 313 g/mol. The lowest BCUT2D eigenvalue weighted by molar-refractivity contribution is -0.0499. The molecule has 0 fully saturated rings. The third kappa shape index (κ3) is 3.71. The van der Waals surface area contributed by atoms with Crippen LogP contribution in [0.1, 0.15) is 28.4 Å². The minimum absolute atomic E-state index is 0.0184. The van der Waals surface area contributed by atoms with Crippen molar-refractivity contribution in [3.8, 4) is 5.75 Å². The highest BCUT2D eigenvalue weighted by atomic mass is 35.5. The summed E-state index contributed by atoms with van der Waals surface area (Å²) in [6.07, 6.45) is -0.929. The van der Waals surface area contributed by atoms with Crippen molar-refractivity contribution in [2.24, 2.45) is 0 Å². The first-order valence-corrected chi connectivity index (χ1v) is 6.75. The second-order valence-electron chi connectivity index (χ2n) is 4.81. The molecule has 0 aliphatic rings. The number of aryl methyl sites for hydroxylation is 2. The van der Waals surface area contributed by atoms with Gasteiger partial charge in [0.1, 0.15) is 11.9 Å². The van der Waals surface area contributed by atoms with E-state index in [1.165, 1.54) is 12.1 Å². The number of ether oxygens (including phenoxy) is 1. The van der Waals surface area contributed by atoms with Gasteiger partial charge >= 0.3 is 6.61 Å². The van der Waals surface area contributed by atoms with Crippen LogP contribution in [-0.4, -0.2) is 11.7 Å².